The number of aliphatic hydroxyl groups is 1. The first kappa shape index (κ1) is 49.3. The number of amides is 3. The molecule has 0 saturated carbocycles. The van der Waals surface area contributed by atoms with Crippen LogP contribution in [0.4, 0.5) is 0 Å². The van der Waals surface area contributed by atoms with Gasteiger partial charge < -0.3 is 30.3 Å². The van der Waals surface area contributed by atoms with Crippen LogP contribution in [0.3, 0.4) is 0 Å². The molecule has 3 aromatic carbocycles. The Morgan fingerprint density at radius 2 is 1.67 bits per heavy atom. The maximum absolute atomic E-state index is 14.1. The molecule has 16 nitrogen and oxygen atoms in total. The molecule has 2 aliphatic rings. The highest BCUT2D eigenvalue weighted by molar-refractivity contribution is 7.13. The van der Waals surface area contributed by atoms with Crippen LogP contribution >= 0.6 is 11.3 Å². The van der Waals surface area contributed by atoms with Crippen LogP contribution in [0.5, 0.6) is 5.75 Å². The zero-order chi connectivity index (χ0) is 49.4. The zero-order valence-corrected chi connectivity index (χ0v) is 40.7. The lowest BCUT2D eigenvalue weighted by atomic mass is 9.85. The predicted molar refractivity (Wildman–Crippen MR) is 266 cm³/mol. The van der Waals surface area contributed by atoms with Crippen LogP contribution in [0.2, 0.25) is 0 Å². The highest BCUT2D eigenvalue weighted by atomic mass is 32.1. The zero-order valence-electron chi connectivity index (χ0n) is 39.9. The largest absolute Gasteiger partial charge is 0.490 e. The van der Waals surface area contributed by atoms with E-state index in [1.165, 1.54) is 15.6 Å². The number of aryl methyl sites for hydroxylation is 1. The van der Waals surface area contributed by atoms with Crippen LogP contribution in [0.15, 0.2) is 108 Å². The molecule has 8 rings (SSSR count). The van der Waals surface area contributed by atoms with Gasteiger partial charge in [-0.1, -0.05) is 75.4 Å². The third-order valence-electron chi connectivity index (χ3n) is 12.9. The topological polar surface area (TPSA) is 209 Å². The molecule has 6 aromatic rings. The molecule has 2 fully saturated rings. The highest BCUT2D eigenvalue weighted by Gasteiger charge is 2.44. The monoisotopic (exact) mass is 962 g/mol. The number of hydrogen-bond acceptors (Lipinski definition) is 13. The first-order chi connectivity index (χ1) is 33.7. The van der Waals surface area contributed by atoms with Gasteiger partial charge in [-0.3, -0.25) is 19.2 Å². The lowest BCUT2D eigenvalue weighted by Gasteiger charge is -2.36. The Bertz CT molecular complexity index is 2900. The second-order valence-electron chi connectivity index (χ2n) is 19.1. The summed E-state index contributed by atoms with van der Waals surface area (Å²) in [6, 6.07) is 26.2. The van der Waals surface area contributed by atoms with Gasteiger partial charge >= 0.3 is 0 Å². The molecule has 70 heavy (non-hydrogen) atoms. The molecule has 3 amide bonds. The standard InChI is InChI=1S/C53H58N10O6S/c1-34-48(70-33-58-34)39-13-11-35(12-14-39)27-57-51(67)45-25-42(64)31-62(45)52(68)49(53(2,3)4)59-46(65)19-22-61-20-17-36(18-21-61)32-69-43-28-55-50(56-29-43)41-10-6-8-38(24-41)30-63-47(66)16-15-44(60-63)40-9-5-7-37(23-40)26-54/h5-16,23-24,28-29,33,36,42,45,49,64H,17-22,25,27,30-32H2,1-4H3,(H,57,67)(H,59,65)/t42-,45+,49-/m1/s1. The van der Waals surface area contributed by atoms with Crippen molar-refractivity contribution in [2.75, 3.05) is 32.8 Å². The van der Waals surface area contributed by atoms with Crippen LogP contribution in [-0.2, 0) is 27.5 Å². The van der Waals surface area contributed by atoms with Gasteiger partial charge in [-0.05, 0) is 85.1 Å². The molecular weight excluding hydrogens is 905 g/mol. The van der Waals surface area contributed by atoms with Crippen molar-refractivity contribution < 1.29 is 24.2 Å². The van der Waals surface area contributed by atoms with Gasteiger partial charge in [0.2, 0.25) is 17.7 Å². The average molecular weight is 963 g/mol. The molecule has 3 atom stereocenters. The van der Waals surface area contributed by atoms with E-state index in [0.717, 1.165) is 64.3 Å². The summed E-state index contributed by atoms with van der Waals surface area (Å²) < 4.78 is 7.52. The van der Waals surface area contributed by atoms with Crippen molar-refractivity contribution in [1.29, 1.82) is 5.26 Å². The van der Waals surface area contributed by atoms with Crippen LogP contribution in [0.25, 0.3) is 33.1 Å². The van der Waals surface area contributed by atoms with Crippen molar-refractivity contribution in [3.8, 4) is 44.9 Å². The van der Waals surface area contributed by atoms with Gasteiger partial charge in [0.25, 0.3) is 5.56 Å². The van der Waals surface area contributed by atoms with Crippen molar-refractivity contribution in [3.05, 3.63) is 136 Å². The Morgan fingerprint density at radius 3 is 2.39 bits per heavy atom. The summed E-state index contributed by atoms with van der Waals surface area (Å²) in [5.41, 5.74) is 7.35. The van der Waals surface area contributed by atoms with Gasteiger partial charge in [0.05, 0.1) is 65.1 Å². The maximum Gasteiger partial charge on any atom is 0.267 e. The molecule has 2 saturated heterocycles. The number of ether oxygens (including phenoxy) is 1. The van der Waals surface area contributed by atoms with E-state index in [2.05, 4.69) is 41.7 Å². The number of aromatic nitrogens is 5. The Balaban J connectivity index is 0.772. The molecule has 17 heteroatoms. The molecular formula is C53H58N10O6S. The number of β-amino-alcohol motifs (C(OH)–C–C–N with tert-alkyl or cyclic N) is 1. The summed E-state index contributed by atoms with van der Waals surface area (Å²) in [6.07, 6.45) is 4.59. The van der Waals surface area contributed by atoms with E-state index in [1.807, 2.05) is 87.8 Å². The van der Waals surface area contributed by atoms with E-state index in [9.17, 15) is 29.5 Å². The predicted octanol–water partition coefficient (Wildman–Crippen LogP) is 6.01. The minimum Gasteiger partial charge on any atom is -0.490 e. The van der Waals surface area contributed by atoms with E-state index in [-0.39, 0.29) is 55.8 Å². The summed E-state index contributed by atoms with van der Waals surface area (Å²) in [5, 5.41) is 30.4. The molecule has 5 heterocycles. The molecule has 0 radical (unpaired) electrons. The van der Waals surface area contributed by atoms with Gasteiger partial charge in [0.1, 0.15) is 12.1 Å². The Hall–Kier alpha value is -7.13. The fourth-order valence-electron chi connectivity index (χ4n) is 8.85. The fraction of sp³-hybridized carbons (Fsp3) is 0.377. The molecule has 0 unspecified atom stereocenters. The summed E-state index contributed by atoms with van der Waals surface area (Å²) in [6.45, 7) is 10.8. The van der Waals surface area contributed by atoms with Crippen LogP contribution < -0.4 is 20.9 Å². The molecule has 0 bridgehead atoms. The number of aliphatic hydroxyl groups excluding tert-OH is 1. The summed E-state index contributed by atoms with van der Waals surface area (Å²) in [7, 11) is 0. The van der Waals surface area contributed by atoms with Crippen molar-refractivity contribution >= 4 is 29.1 Å². The molecule has 0 aliphatic carbocycles. The third-order valence-corrected chi connectivity index (χ3v) is 13.8. The van der Waals surface area contributed by atoms with E-state index < -0.39 is 23.6 Å². The van der Waals surface area contributed by atoms with Gasteiger partial charge in [-0.2, -0.15) is 10.4 Å². The van der Waals surface area contributed by atoms with Gasteiger partial charge in [-0.15, -0.1) is 11.3 Å². The quantitative estimate of drug-likeness (QED) is 0.102. The number of rotatable bonds is 16. The first-order valence-electron chi connectivity index (χ1n) is 23.6. The van der Waals surface area contributed by atoms with Gasteiger partial charge in [-0.25, -0.2) is 19.6 Å². The Kier molecular flexibility index (Phi) is 15.6. The fourth-order valence-corrected chi connectivity index (χ4v) is 9.66. The number of carbonyl (C=O) groups is 3. The molecule has 362 valence electrons. The van der Waals surface area contributed by atoms with Crippen molar-refractivity contribution in [3.63, 3.8) is 0 Å². The number of piperidine rings is 1. The molecule has 0 spiro atoms. The van der Waals surface area contributed by atoms with Crippen LogP contribution in [0, 0.1) is 29.6 Å². The number of hydrogen-bond donors (Lipinski definition) is 3. The summed E-state index contributed by atoms with van der Waals surface area (Å²) in [5.74, 6) is 0.420. The van der Waals surface area contributed by atoms with Gasteiger partial charge in [0.15, 0.2) is 11.6 Å². The van der Waals surface area contributed by atoms with Crippen molar-refractivity contribution in [2.24, 2.45) is 11.3 Å². The van der Waals surface area contributed by atoms with E-state index in [0.29, 0.717) is 41.9 Å². The molecule has 3 N–H and O–H groups in total. The lowest BCUT2D eigenvalue weighted by Crippen LogP contribution is -2.58. The highest BCUT2D eigenvalue weighted by Crippen LogP contribution is 2.29. The SMILES string of the molecule is Cc1ncsc1-c1ccc(CNC(=O)[C@@H]2C[C@@H](O)CN2C(=O)[C@@H](NC(=O)CCN2CCC(COc3cnc(-c4cccc(Cn5nc(-c6cccc(C#N)c6)ccc5=O)c4)nc3)CC2)C(C)(C)C)cc1. The van der Waals surface area contributed by atoms with E-state index in [1.54, 1.807) is 48.0 Å². The van der Waals surface area contributed by atoms with E-state index >= 15 is 0 Å². The second-order valence-corrected chi connectivity index (χ2v) is 20.0. The maximum atomic E-state index is 14.1. The normalized spacial score (nSPS) is 16.9. The number of thiazole rings is 1. The first-order valence-corrected chi connectivity index (χ1v) is 24.5. The second kappa shape index (κ2) is 22.1. The number of nitrogens with one attached hydrogen (secondary N) is 2. The lowest BCUT2D eigenvalue weighted by molar-refractivity contribution is -0.144. The number of likely N-dealkylation sites (tertiary alicyclic amines) is 2. The van der Waals surface area contributed by atoms with Crippen LogP contribution in [0.1, 0.15) is 68.8 Å². The minimum absolute atomic E-state index is 0.0117. The van der Waals surface area contributed by atoms with Crippen molar-refractivity contribution in [1.82, 2.24) is 45.2 Å². The number of nitriles is 1. The average Bonchev–Trinajstić information content (AvgIpc) is 3.99. The Labute approximate surface area is 411 Å². The summed E-state index contributed by atoms with van der Waals surface area (Å²) in [4.78, 5) is 72.1. The minimum atomic E-state index is -0.894. The van der Waals surface area contributed by atoms with E-state index in [4.69, 9.17) is 4.74 Å². The number of carbonyl (C=O) groups excluding carboxylic acids is 3. The number of nitrogens with zero attached hydrogens (tertiary/aromatic N) is 8. The van der Waals surface area contributed by atoms with Gasteiger partial charge in [0, 0.05) is 49.7 Å². The van der Waals surface area contributed by atoms with Crippen LogP contribution in [-0.4, -0.2) is 108 Å². The van der Waals surface area contributed by atoms with Crippen molar-refractivity contribution in [2.45, 2.75) is 84.7 Å². The number of benzene rings is 3. The molecule has 2 aliphatic heterocycles. The smallest absolute Gasteiger partial charge is 0.267 e. The molecule has 3 aromatic heterocycles. The summed E-state index contributed by atoms with van der Waals surface area (Å²) >= 11 is 1.58. The Morgan fingerprint density at radius 1 is 0.929 bits per heavy atom. The third kappa shape index (κ3) is 12.4.